The summed E-state index contributed by atoms with van der Waals surface area (Å²) in [6, 6.07) is 4.13. The van der Waals surface area contributed by atoms with Crippen molar-refractivity contribution >= 4 is 17.4 Å². The number of halogens is 1. The van der Waals surface area contributed by atoms with Gasteiger partial charge in [0.1, 0.15) is 5.82 Å². The molecule has 0 radical (unpaired) electrons. The largest absolute Gasteiger partial charge is 0.377 e. The summed E-state index contributed by atoms with van der Waals surface area (Å²) >= 11 is 5.86. The van der Waals surface area contributed by atoms with Gasteiger partial charge in [0, 0.05) is 12.6 Å². The average Bonchev–Trinajstić information content (AvgIpc) is 2.29. The van der Waals surface area contributed by atoms with Crippen molar-refractivity contribution in [3.63, 3.8) is 0 Å². The Morgan fingerprint density at radius 2 is 2.47 bits per heavy atom. The molecule has 0 spiro atoms. The van der Waals surface area contributed by atoms with Crippen LogP contribution in [0.1, 0.15) is 12.6 Å². The molecular formula is C11H13ClN4O. The van der Waals surface area contributed by atoms with Crippen molar-refractivity contribution in [2.45, 2.75) is 19.4 Å². The van der Waals surface area contributed by atoms with Crippen LogP contribution in [0.5, 0.6) is 0 Å². The quantitative estimate of drug-likeness (QED) is 0.745. The smallest absolute Gasteiger partial charge is 0.224 e. The van der Waals surface area contributed by atoms with Gasteiger partial charge in [-0.05, 0) is 18.5 Å². The first-order chi connectivity index (χ1) is 8.20. The zero-order chi connectivity index (χ0) is 12.3. The van der Waals surface area contributed by atoms with Crippen molar-refractivity contribution < 1.29 is 4.74 Å². The van der Waals surface area contributed by atoms with Crippen molar-refractivity contribution in [1.82, 2.24) is 9.97 Å². The van der Waals surface area contributed by atoms with Crippen LogP contribution in [-0.4, -0.2) is 35.8 Å². The van der Waals surface area contributed by atoms with Gasteiger partial charge in [-0.15, -0.1) is 0 Å². The highest BCUT2D eigenvalue weighted by molar-refractivity contribution is 6.28. The lowest BCUT2D eigenvalue weighted by molar-refractivity contribution is 0.0985. The van der Waals surface area contributed by atoms with Crippen molar-refractivity contribution in [2.24, 2.45) is 0 Å². The number of hydrogen-bond acceptors (Lipinski definition) is 5. The minimum absolute atomic E-state index is 0.187. The summed E-state index contributed by atoms with van der Waals surface area (Å²) in [5.74, 6) is 0.769. The van der Waals surface area contributed by atoms with E-state index in [0.29, 0.717) is 18.9 Å². The van der Waals surface area contributed by atoms with Crippen molar-refractivity contribution in [3.8, 4) is 6.07 Å². The van der Waals surface area contributed by atoms with E-state index in [2.05, 4.69) is 27.9 Å². The lowest BCUT2D eigenvalue weighted by atomic mass is 10.2. The third kappa shape index (κ3) is 2.84. The van der Waals surface area contributed by atoms with Gasteiger partial charge in [-0.25, -0.2) is 9.97 Å². The van der Waals surface area contributed by atoms with E-state index in [1.165, 1.54) is 0 Å². The molecule has 0 aromatic carbocycles. The predicted octanol–water partition coefficient (Wildman–Crippen LogP) is 1.42. The normalized spacial score (nSPS) is 20.1. The Labute approximate surface area is 105 Å². The van der Waals surface area contributed by atoms with E-state index in [1.54, 1.807) is 0 Å². The Morgan fingerprint density at radius 1 is 1.65 bits per heavy atom. The average molecular weight is 253 g/mol. The Hall–Kier alpha value is -1.38. The maximum Gasteiger partial charge on any atom is 0.224 e. The van der Waals surface area contributed by atoms with Crippen LogP contribution in [0, 0.1) is 11.3 Å². The highest BCUT2D eigenvalue weighted by atomic mass is 35.5. The fraction of sp³-hybridized carbons (Fsp3) is 0.545. The van der Waals surface area contributed by atoms with Crippen LogP contribution in [-0.2, 0) is 11.2 Å². The van der Waals surface area contributed by atoms with Crippen molar-refractivity contribution in [2.75, 3.05) is 24.7 Å². The second-order valence-corrected chi connectivity index (χ2v) is 4.28. The van der Waals surface area contributed by atoms with Crippen molar-refractivity contribution in [1.29, 1.82) is 5.26 Å². The molecule has 1 atom stereocenters. The molecule has 0 bridgehead atoms. The number of ether oxygens (including phenoxy) is 1. The number of aromatic nitrogens is 2. The minimum Gasteiger partial charge on any atom is -0.377 e. The number of hydrogen-bond donors (Lipinski definition) is 0. The van der Waals surface area contributed by atoms with E-state index >= 15 is 0 Å². The van der Waals surface area contributed by atoms with Gasteiger partial charge in [0.05, 0.1) is 37.4 Å². The monoisotopic (exact) mass is 252 g/mol. The molecule has 2 rings (SSSR count). The third-order valence-electron chi connectivity index (χ3n) is 2.66. The Morgan fingerprint density at radius 3 is 3.18 bits per heavy atom. The molecule has 6 heteroatoms. The molecule has 17 heavy (non-hydrogen) atoms. The molecule has 1 aromatic rings. The number of nitriles is 1. The van der Waals surface area contributed by atoms with Crippen LogP contribution in [0.2, 0.25) is 5.28 Å². The molecule has 1 fully saturated rings. The van der Waals surface area contributed by atoms with Crippen LogP contribution in [0.15, 0.2) is 6.07 Å². The van der Waals surface area contributed by atoms with E-state index in [0.717, 1.165) is 12.4 Å². The third-order valence-corrected chi connectivity index (χ3v) is 2.83. The maximum atomic E-state index is 8.68. The van der Waals surface area contributed by atoms with E-state index in [1.807, 2.05) is 6.07 Å². The van der Waals surface area contributed by atoms with Gasteiger partial charge in [-0.3, -0.25) is 0 Å². The molecule has 1 saturated heterocycles. The second kappa shape index (κ2) is 5.30. The summed E-state index contributed by atoms with van der Waals surface area (Å²) in [6.45, 7) is 4.20. The zero-order valence-corrected chi connectivity index (χ0v) is 10.3. The number of morpholine rings is 1. The van der Waals surface area contributed by atoms with Crippen LogP contribution < -0.4 is 4.90 Å². The highest BCUT2D eigenvalue weighted by Crippen LogP contribution is 2.20. The van der Waals surface area contributed by atoms with Crippen LogP contribution in [0.4, 0.5) is 5.82 Å². The summed E-state index contributed by atoms with van der Waals surface area (Å²) in [5.41, 5.74) is 0.654. The lowest BCUT2D eigenvalue weighted by Gasteiger charge is -2.34. The first-order valence-electron chi connectivity index (χ1n) is 5.45. The molecule has 0 amide bonds. The highest BCUT2D eigenvalue weighted by Gasteiger charge is 2.21. The molecule has 2 heterocycles. The SMILES string of the molecule is CC1COCCN1c1cc(CC#N)nc(Cl)n1. The van der Waals surface area contributed by atoms with E-state index in [4.69, 9.17) is 21.6 Å². The van der Waals surface area contributed by atoms with Crippen molar-refractivity contribution in [3.05, 3.63) is 17.0 Å². The van der Waals surface area contributed by atoms with Gasteiger partial charge >= 0.3 is 0 Å². The first kappa shape index (κ1) is 12.1. The predicted molar refractivity (Wildman–Crippen MR) is 64.0 cm³/mol. The first-order valence-corrected chi connectivity index (χ1v) is 5.83. The van der Waals surface area contributed by atoms with E-state index in [9.17, 15) is 0 Å². The number of rotatable bonds is 2. The van der Waals surface area contributed by atoms with Gasteiger partial charge in [-0.2, -0.15) is 5.26 Å². The van der Waals surface area contributed by atoms with Crippen LogP contribution >= 0.6 is 11.6 Å². The lowest BCUT2D eigenvalue weighted by Crippen LogP contribution is -2.44. The molecule has 5 nitrogen and oxygen atoms in total. The zero-order valence-electron chi connectivity index (χ0n) is 9.56. The summed E-state index contributed by atoms with van der Waals surface area (Å²) < 4.78 is 5.37. The molecule has 90 valence electrons. The summed E-state index contributed by atoms with van der Waals surface area (Å²) in [5, 5.41) is 8.86. The second-order valence-electron chi connectivity index (χ2n) is 3.94. The Bertz CT molecular complexity index is 446. The standard InChI is InChI=1S/C11H13ClN4O/c1-8-7-17-5-4-16(8)10-6-9(2-3-13)14-11(12)15-10/h6,8H,2,4-5,7H2,1H3. The molecule has 0 N–H and O–H groups in total. The molecule has 1 unspecified atom stereocenters. The number of anilines is 1. The minimum atomic E-state index is 0.187. The molecule has 1 aliphatic heterocycles. The Kier molecular flexibility index (Phi) is 3.77. The fourth-order valence-corrected chi connectivity index (χ4v) is 2.03. The van der Waals surface area contributed by atoms with Gasteiger partial charge in [0.25, 0.3) is 0 Å². The van der Waals surface area contributed by atoms with Crippen LogP contribution in [0.3, 0.4) is 0 Å². The molecular weight excluding hydrogens is 240 g/mol. The fourth-order valence-electron chi connectivity index (χ4n) is 1.84. The molecule has 0 saturated carbocycles. The summed E-state index contributed by atoms with van der Waals surface area (Å²) in [7, 11) is 0. The molecule has 1 aromatic heterocycles. The topological polar surface area (TPSA) is 62.0 Å². The Balaban J connectivity index is 2.27. The van der Waals surface area contributed by atoms with Gasteiger partial charge < -0.3 is 9.64 Å². The van der Waals surface area contributed by atoms with Gasteiger partial charge in [-0.1, -0.05) is 0 Å². The van der Waals surface area contributed by atoms with E-state index in [-0.39, 0.29) is 17.7 Å². The maximum absolute atomic E-state index is 8.68. The van der Waals surface area contributed by atoms with Gasteiger partial charge in [0.15, 0.2) is 0 Å². The summed E-state index contributed by atoms with van der Waals surface area (Å²) in [6.07, 6.45) is 0.244. The number of nitrogens with zero attached hydrogens (tertiary/aromatic N) is 4. The summed E-state index contributed by atoms with van der Waals surface area (Å²) in [4.78, 5) is 10.3. The molecule has 0 aliphatic carbocycles. The van der Waals surface area contributed by atoms with E-state index < -0.39 is 0 Å². The molecule has 1 aliphatic rings. The van der Waals surface area contributed by atoms with Gasteiger partial charge in [0.2, 0.25) is 5.28 Å². The van der Waals surface area contributed by atoms with Crippen LogP contribution in [0.25, 0.3) is 0 Å².